The molecule has 1 atom stereocenters. The van der Waals surface area contributed by atoms with Gasteiger partial charge in [-0.05, 0) is 18.4 Å². The lowest BCUT2D eigenvalue weighted by Crippen LogP contribution is -2.12. The maximum absolute atomic E-state index is 5.66. The summed E-state index contributed by atoms with van der Waals surface area (Å²) >= 11 is 5.66. The topological polar surface area (TPSA) is 34.1 Å². The van der Waals surface area contributed by atoms with E-state index < -0.39 is 0 Å². The molecule has 0 aromatic carbocycles. The molecule has 0 spiro atoms. The van der Waals surface area contributed by atoms with E-state index in [1.807, 2.05) is 18.2 Å². The third kappa shape index (κ3) is 4.38. The van der Waals surface area contributed by atoms with Crippen LogP contribution in [0.25, 0.3) is 0 Å². The van der Waals surface area contributed by atoms with Crippen LogP contribution in [-0.2, 0) is 0 Å². The minimum absolute atomic E-state index is 0.551. The highest BCUT2D eigenvalue weighted by Crippen LogP contribution is 2.12. The van der Waals surface area contributed by atoms with Gasteiger partial charge in [0, 0.05) is 18.5 Å². The normalized spacial score (nSPS) is 12.2. The van der Waals surface area contributed by atoms with Gasteiger partial charge in [0.2, 0.25) is 5.88 Å². The quantitative estimate of drug-likeness (QED) is 0.761. The summed E-state index contributed by atoms with van der Waals surface area (Å²) in [6.07, 6.45) is 1.01. The van der Waals surface area contributed by atoms with E-state index in [2.05, 4.69) is 17.2 Å². The number of nitrogens with one attached hydrogen (secondary N) is 1. The summed E-state index contributed by atoms with van der Waals surface area (Å²) in [4.78, 5) is 4.26. The molecule has 0 aliphatic carbocycles. The lowest BCUT2D eigenvalue weighted by Gasteiger charge is -2.11. The molecule has 0 aliphatic heterocycles. The molecule has 1 aromatic rings. The Hall–Kier alpha value is -0.960. The van der Waals surface area contributed by atoms with Crippen molar-refractivity contribution >= 4 is 17.4 Å². The zero-order chi connectivity index (χ0) is 11.1. The van der Waals surface area contributed by atoms with E-state index in [9.17, 15) is 0 Å². The van der Waals surface area contributed by atoms with Crippen LogP contribution in [0.2, 0.25) is 0 Å². The van der Waals surface area contributed by atoms with Gasteiger partial charge in [-0.1, -0.05) is 13.0 Å². The van der Waals surface area contributed by atoms with Gasteiger partial charge in [0.05, 0.1) is 7.11 Å². The molecule has 1 unspecified atom stereocenters. The summed E-state index contributed by atoms with van der Waals surface area (Å²) in [5.74, 6) is 2.73. The molecule has 0 fully saturated rings. The van der Waals surface area contributed by atoms with Crippen LogP contribution < -0.4 is 10.1 Å². The second-order valence-electron chi connectivity index (χ2n) is 3.53. The molecule has 4 heteroatoms. The molecule has 0 radical (unpaired) electrons. The fraction of sp³-hybridized carbons (Fsp3) is 0.545. The third-order valence-corrected chi connectivity index (χ3v) is 2.38. The predicted molar refractivity (Wildman–Crippen MR) is 63.8 cm³/mol. The number of hydrogen-bond acceptors (Lipinski definition) is 3. The number of hydrogen-bond donors (Lipinski definition) is 1. The van der Waals surface area contributed by atoms with Crippen LogP contribution >= 0.6 is 11.6 Å². The lowest BCUT2D eigenvalue weighted by molar-refractivity contribution is 0.398. The number of anilines is 1. The molecule has 0 aliphatic rings. The highest BCUT2D eigenvalue weighted by Gasteiger charge is 2.02. The molecule has 0 bridgehead atoms. The van der Waals surface area contributed by atoms with Crippen LogP contribution in [0.15, 0.2) is 18.2 Å². The zero-order valence-electron chi connectivity index (χ0n) is 9.16. The third-order valence-electron chi connectivity index (χ3n) is 2.17. The second-order valence-corrected chi connectivity index (χ2v) is 3.91. The van der Waals surface area contributed by atoms with E-state index in [0.29, 0.717) is 17.7 Å². The van der Waals surface area contributed by atoms with Gasteiger partial charge in [0.25, 0.3) is 0 Å². The number of pyridine rings is 1. The molecule has 0 saturated heterocycles. The van der Waals surface area contributed by atoms with Crippen LogP contribution in [0, 0.1) is 5.92 Å². The SMILES string of the molecule is COc1cccc(NCC(C)CCCl)n1. The number of rotatable bonds is 6. The van der Waals surface area contributed by atoms with E-state index >= 15 is 0 Å². The number of alkyl halides is 1. The van der Waals surface area contributed by atoms with Crippen molar-refractivity contribution in [3.63, 3.8) is 0 Å². The van der Waals surface area contributed by atoms with Crippen molar-refractivity contribution in [1.29, 1.82) is 0 Å². The first-order valence-corrected chi connectivity index (χ1v) is 5.60. The minimum atomic E-state index is 0.551. The Labute approximate surface area is 95.8 Å². The highest BCUT2D eigenvalue weighted by molar-refractivity contribution is 6.17. The summed E-state index contributed by atoms with van der Waals surface area (Å²) in [5.41, 5.74) is 0. The molecule has 0 saturated carbocycles. The summed E-state index contributed by atoms with van der Waals surface area (Å²) in [7, 11) is 1.61. The average molecular weight is 229 g/mol. The molecule has 1 aromatic heterocycles. The first-order chi connectivity index (χ1) is 7.26. The van der Waals surface area contributed by atoms with Crippen molar-refractivity contribution in [2.45, 2.75) is 13.3 Å². The Morgan fingerprint density at radius 3 is 3.00 bits per heavy atom. The standard InChI is InChI=1S/C11H17ClN2O/c1-9(6-7-12)8-13-10-4-3-5-11(14-10)15-2/h3-5,9H,6-8H2,1-2H3,(H,13,14). The van der Waals surface area contributed by atoms with Gasteiger partial charge in [0.1, 0.15) is 5.82 Å². The summed E-state index contributed by atoms with van der Waals surface area (Å²) < 4.78 is 5.04. The van der Waals surface area contributed by atoms with E-state index in [4.69, 9.17) is 16.3 Å². The van der Waals surface area contributed by atoms with E-state index in [1.165, 1.54) is 0 Å². The minimum Gasteiger partial charge on any atom is -0.481 e. The molecular weight excluding hydrogens is 212 g/mol. The molecule has 1 rings (SSSR count). The molecule has 84 valence electrons. The zero-order valence-corrected chi connectivity index (χ0v) is 9.92. The van der Waals surface area contributed by atoms with Gasteiger partial charge in [-0.2, -0.15) is 4.98 Å². The van der Waals surface area contributed by atoms with Crippen molar-refractivity contribution in [2.24, 2.45) is 5.92 Å². The number of nitrogens with zero attached hydrogens (tertiary/aromatic N) is 1. The Morgan fingerprint density at radius 2 is 2.33 bits per heavy atom. The molecule has 3 nitrogen and oxygen atoms in total. The molecule has 15 heavy (non-hydrogen) atoms. The largest absolute Gasteiger partial charge is 0.481 e. The van der Waals surface area contributed by atoms with Crippen LogP contribution in [0.5, 0.6) is 5.88 Å². The van der Waals surface area contributed by atoms with Crippen LogP contribution in [-0.4, -0.2) is 24.5 Å². The molecule has 0 amide bonds. The van der Waals surface area contributed by atoms with Gasteiger partial charge in [-0.15, -0.1) is 11.6 Å². The van der Waals surface area contributed by atoms with Gasteiger partial charge >= 0.3 is 0 Å². The van der Waals surface area contributed by atoms with Crippen molar-refractivity contribution in [1.82, 2.24) is 4.98 Å². The first-order valence-electron chi connectivity index (χ1n) is 5.07. The van der Waals surface area contributed by atoms with Crippen molar-refractivity contribution < 1.29 is 4.74 Å². The Morgan fingerprint density at radius 1 is 1.53 bits per heavy atom. The fourth-order valence-electron chi connectivity index (χ4n) is 1.19. The number of halogens is 1. The molecule has 1 N–H and O–H groups in total. The number of aromatic nitrogens is 1. The maximum atomic E-state index is 5.66. The smallest absolute Gasteiger partial charge is 0.214 e. The number of methoxy groups -OCH3 is 1. The molecular formula is C11H17ClN2O. The van der Waals surface area contributed by atoms with Crippen molar-refractivity contribution in [3.05, 3.63) is 18.2 Å². The summed E-state index contributed by atoms with van der Waals surface area (Å²) in [6.45, 7) is 3.04. The van der Waals surface area contributed by atoms with Crippen LogP contribution in [0.4, 0.5) is 5.82 Å². The Kier molecular flexibility index (Phi) is 5.26. The average Bonchev–Trinajstić information content (AvgIpc) is 2.27. The van der Waals surface area contributed by atoms with Crippen LogP contribution in [0.3, 0.4) is 0 Å². The fourth-order valence-corrected chi connectivity index (χ4v) is 1.57. The van der Waals surface area contributed by atoms with E-state index in [-0.39, 0.29) is 0 Å². The lowest BCUT2D eigenvalue weighted by atomic mass is 10.1. The Balaban J connectivity index is 2.43. The van der Waals surface area contributed by atoms with Gasteiger partial charge in [-0.3, -0.25) is 0 Å². The summed E-state index contributed by atoms with van der Waals surface area (Å²) in [5, 5.41) is 3.25. The van der Waals surface area contributed by atoms with E-state index in [1.54, 1.807) is 7.11 Å². The first kappa shape index (κ1) is 12.1. The second kappa shape index (κ2) is 6.51. The number of ether oxygens (including phenoxy) is 1. The maximum Gasteiger partial charge on any atom is 0.214 e. The van der Waals surface area contributed by atoms with Crippen molar-refractivity contribution in [2.75, 3.05) is 24.9 Å². The van der Waals surface area contributed by atoms with E-state index in [0.717, 1.165) is 18.8 Å². The molecule has 1 heterocycles. The van der Waals surface area contributed by atoms with Gasteiger partial charge in [0.15, 0.2) is 0 Å². The highest BCUT2D eigenvalue weighted by atomic mass is 35.5. The van der Waals surface area contributed by atoms with Gasteiger partial charge < -0.3 is 10.1 Å². The predicted octanol–water partition coefficient (Wildman–Crippen LogP) is 2.77. The Bertz CT molecular complexity index is 294. The van der Waals surface area contributed by atoms with Crippen molar-refractivity contribution in [3.8, 4) is 5.88 Å². The monoisotopic (exact) mass is 228 g/mol. The summed E-state index contributed by atoms with van der Waals surface area (Å²) in [6, 6.07) is 5.67. The van der Waals surface area contributed by atoms with Gasteiger partial charge in [-0.25, -0.2) is 0 Å². The van der Waals surface area contributed by atoms with Crippen LogP contribution in [0.1, 0.15) is 13.3 Å².